The molecular formula is C13H15NO2. The zero-order valence-corrected chi connectivity index (χ0v) is 9.56. The van der Waals surface area contributed by atoms with E-state index in [4.69, 9.17) is 14.7 Å². The molecule has 0 bridgehead atoms. The fourth-order valence-electron chi connectivity index (χ4n) is 1.26. The Bertz CT molecular complexity index is 405. The van der Waals surface area contributed by atoms with Gasteiger partial charge in [-0.1, -0.05) is 13.0 Å². The molecular weight excluding hydrogens is 202 g/mol. The summed E-state index contributed by atoms with van der Waals surface area (Å²) >= 11 is 0. The third kappa shape index (κ3) is 3.32. The Morgan fingerprint density at radius 1 is 1.38 bits per heavy atom. The molecule has 16 heavy (non-hydrogen) atoms. The molecule has 0 amide bonds. The third-order valence-electron chi connectivity index (χ3n) is 2.00. The van der Waals surface area contributed by atoms with Gasteiger partial charge in [0.2, 0.25) is 0 Å². The summed E-state index contributed by atoms with van der Waals surface area (Å²) in [6.07, 6.45) is 4.12. The number of allylic oxidation sites excluding steroid dienone is 1. The third-order valence-corrected chi connectivity index (χ3v) is 2.00. The second-order valence-electron chi connectivity index (χ2n) is 3.22. The summed E-state index contributed by atoms with van der Waals surface area (Å²) < 4.78 is 10.7. The smallest absolute Gasteiger partial charge is 0.161 e. The summed E-state index contributed by atoms with van der Waals surface area (Å²) in [6.45, 7) is 2.70. The van der Waals surface area contributed by atoms with E-state index < -0.39 is 0 Å². The van der Waals surface area contributed by atoms with Crippen LogP contribution in [-0.4, -0.2) is 13.7 Å². The maximum atomic E-state index is 8.45. The number of nitrogens with zero attached hydrogens (tertiary/aromatic N) is 1. The SMILES string of the molecule is CCCOc1cc(C=CC#N)ccc1OC. The molecule has 0 aliphatic rings. The summed E-state index contributed by atoms with van der Waals surface area (Å²) in [6, 6.07) is 7.53. The summed E-state index contributed by atoms with van der Waals surface area (Å²) in [7, 11) is 1.61. The van der Waals surface area contributed by atoms with Crippen molar-refractivity contribution in [3.8, 4) is 17.6 Å². The van der Waals surface area contributed by atoms with Crippen LogP contribution >= 0.6 is 0 Å². The van der Waals surface area contributed by atoms with E-state index in [0.717, 1.165) is 12.0 Å². The molecule has 84 valence electrons. The van der Waals surface area contributed by atoms with Crippen LogP contribution in [0.2, 0.25) is 0 Å². The monoisotopic (exact) mass is 217 g/mol. The van der Waals surface area contributed by atoms with Crippen LogP contribution in [0.5, 0.6) is 11.5 Å². The second-order valence-corrected chi connectivity index (χ2v) is 3.22. The van der Waals surface area contributed by atoms with E-state index >= 15 is 0 Å². The van der Waals surface area contributed by atoms with Crippen LogP contribution in [0, 0.1) is 11.3 Å². The van der Waals surface area contributed by atoms with E-state index in [0.29, 0.717) is 18.1 Å². The summed E-state index contributed by atoms with van der Waals surface area (Å²) in [4.78, 5) is 0. The number of hydrogen-bond acceptors (Lipinski definition) is 3. The van der Waals surface area contributed by atoms with Crippen molar-refractivity contribution in [1.82, 2.24) is 0 Å². The van der Waals surface area contributed by atoms with Gasteiger partial charge in [-0.05, 0) is 30.2 Å². The lowest BCUT2D eigenvalue weighted by molar-refractivity contribution is 0.294. The van der Waals surface area contributed by atoms with Crippen molar-refractivity contribution in [3.63, 3.8) is 0 Å². The van der Waals surface area contributed by atoms with E-state index in [-0.39, 0.29) is 0 Å². The zero-order chi connectivity index (χ0) is 11.8. The van der Waals surface area contributed by atoms with Gasteiger partial charge >= 0.3 is 0 Å². The van der Waals surface area contributed by atoms with Crippen molar-refractivity contribution in [2.75, 3.05) is 13.7 Å². The fraction of sp³-hybridized carbons (Fsp3) is 0.308. The van der Waals surface area contributed by atoms with Crippen molar-refractivity contribution < 1.29 is 9.47 Å². The van der Waals surface area contributed by atoms with Crippen LogP contribution < -0.4 is 9.47 Å². The van der Waals surface area contributed by atoms with Gasteiger partial charge < -0.3 is 9.47 Å². The van der Waals surface area contributed by atoms with E-state index in [1.165, 1.54) is 6.08 Å². The predicted molar refractivity (Wildman–Crippen MR) is 63.4 cm³/mol. The molecule has 0 aliphatic heterocycles. The Morgan fingerprint density at radius 2 is 2.19 bits per heavy atom. The topological polar surface area (TPSA) is 42.2 Å². The number of methoxy groups -OCH3 is 1. The quantitative estimate of drug-likeness (QED) is 0.712. The first-order valence-electron chi connectivity index (χ1n) is 5.18. The molecule has 0 aliphatic carbocycles. The van der Waals surface area contributed by atoms with Crippen LogP contribution in [0.15, 0.2) is 24.3 Å². The zero-order valence-electron chi connectivity index (χ0n) is 9.56. The highest BCUT2D eigenvalue weighted by molar-refractivity contribution is 5.57. The molecule has 0 fully saturated rings. The molecule has 0 atom stereocenters. The first-order chi connectivity index (χ1) is 7.81. The van der Waals surface area contributed by atoms with Gasteiger partial charge in [0.05, 0.1) is 19.8 Å². The standard InChI is InChI=1S/C13H15NO2/c1-3-9-16-13-10-11(5-4-8-14)6-7-12(13)15-2/h4-7,10H,3,9H2,1-2H3. The van der Waals surface area contributed by atoms with E-state index in [1.807, 2.05) is 31.2 Å². The molecule has 3 heteroatoms. The van der Waals surface area contributed by atoms with Crippen LogP contribution in [0.4, 0.5) is 0 Å². The summed E-state index contributed by atoms with van der Waals surface area (Å²) in [5.41, 5.74) is 0.924. The fourth-order valence-corrected chi connectivity index (χ4v) is 1.26. The highest BCUT2D eigenvalue weighted by Gasteiger charge is 2.03. The van der Waals surface area contributed by atoms with Gasteiger partial charge in [0.25, 0.3) is 0 Å². The van der Waals surface area contributed by atoms with Gasteiger partial charge in [0.15, 0.2) is 11.5 Å². The Labute approximate surface area is 95.9 Å². The normalized spacial score (nSPS) is 10.1. The lowest BCUT2D eigenvalue weighted by atomic mass is 10.2. The van der Waals surface area contributed by atoms with E-state index in [9.17, 15) is 0 Å². The molecule has 0 spiro atoms. The van der Waals surface area contributed by atoms with Crippen LogP contribution in [0.3, 0.4) is 0 Å². The van der Waals surface area contributed by atoms with Crippen molar-refractivity contribution in [3.05, 3.63) is 29.8 Å². The van der Waals surface area contributed by atoms with Crippen molar-refractivity contribution in [2.24, 2.45) is 0 Å². The number of benzene rings is 1. The Kier molecular flexibility index (Phi) is 4.94. The Hall–Kier alpha value is -1.95. The van der Waals surface area contributed by atoms with E-state index in [2.05, 4.69) is 0 Å². The second kappa shape index (κ2) is 6.52. The van der Waals surface area contributed by atoms with Gasteiger partial charge in [0, 0.05) is 6.08 Å². The number of rotatable bonds is 5. The Morgan fingerprint density at radius 3 is 2.81 bits per heavy atom. The average Bonchev–Trinajstić information content (AvgIpc) is 2.33. The number of nitriles is 1. The number of ether oxygens (including phenoxy) is 2. The lowest BCUT2D eigenvalue weighted by Gasteiger charge is -2.10. The van der Waals surface area contributed by atoms with Crippen LogP contribution in [0.1, 0.15) is 18.9 Å². The molecule has 0 aromatic heterocycles. The molecule has 3 nitrogen and oxygen atoms in total. The molecule has 0 saturated carbocycles. The molecule has 0 radical (unpaired) electrons. The average molecular weight is 217 g/mol. The first kappa shape index (κ1) is 12.1. The maximum absolute atomic E-state index is 8.45. The van der Waals surface area contributed by atoms with Gasteiger partial charge in [-0.3, -0.25) is 0 Å². The minimum Gasteiger partial charge on any atom is -0.493 e. The largest absolute Gasteiger partial charge is 0.493 e. The van der Waals surface area contributed by atoms with Gasteiger partial charge in [-0.2, -0.15) is 5.26 Å². The minimum atomic E-state index is 0.655. The summed E-state index contributed by atoms with van der Waals surface area (Å²) in [5.74, 6) is 1.42. The van der Waals surface area contributed by atoms with Crippen molar-refractivity contribution in [1.29, 1.82) is 5.26 Å². The molecule has 1 aromatic rings. The minimum absolute atomic E-state index is 0.655. The van der Waals surface area contributed by atoms with Crippen LogP contribution in [0.25, 0.3) is 6.08 Å². The van der Waals surface area contributed by atoms with E-state index in [1.54, 1.807) is 13.2 Å². The van der Waals surface area contributed by atoms with Crippen molar-refractivity contribution >= 4 is 6.08 Å². The van der Waals surface area contributed by atoms with Gasteiger partial charge in [-0.15, -0.1) is 0 Å². The maximum Gasteiger partial charge on any atom is 0.161 e. The van der Waals surface area contributed by atoms with Gasteiger partial charge in [-0.25, -0.2) is 0 Å². The Balaban J connectivity index is 2.92. The predicted octanol–water partition coefficient (Wildman–Crippen LogP) is 3.02. The van der Waals surface area contributed by atoms with Crippen LogP contribution in [-0.2, 0) is 0 Å². The molecule has 0 saturated heterocycles. The van der Waals surface area contributed by atoms with Gasteiger partial charge in [0.1, 0.15) is 0 Å². The molecule has 0 N–H and O–H groups in total. The number of hydrogen-bond donors (Lipinski definition) is 0. The molecule has 0 heterocycles. The van der Waals surface area contributed by atoms with Crippen molar-refractivity contribution in [2.45, 2.75) is 13.3 Å². The molecule has 0 unspecified atom stereocenters. The highest BCUT2D eigenvalue weighted by Crippen LogP contribution is 2.28. The first-order valence-corrected chi connectivity index (χ1v) is 5.18. The highest BCUT2D eigenvalue weighted by atomic mass is 16.5. The molecule has 1 aromatic carbocycles. The molecule has 1 rings (SSSR count). The lowest BCUT2D eigenvalue weighted by Crippen LogP contribution is -1.97. The summed E-state index contributed by atoms with van der Waals surface area (Å²) in [5, 5.41) is 8.45.